The molecule has 4 heteroatoms. The highest BCUT2D eigenvalue weighted by Gasteiger charge is 2.14. The monoisotopic (exact) mass is 203 g/mol. The Morgan fingerprint density at radius 3 is 2.50 bits per heavy atom. The predicted octanol–water partition coefficient (Wildman–Crippen LogP) is 3.17. The summed E-state index contributed by atoms with van der Waals surface area (Å²) in [6, 6.07) is 2.72. The molecule has 0 heterocycles. The SMILES string of the molecule is CC[C@H](N)c1cc(C(F)F)ccc1F. The Morgan fingerprint density at radius 2 is 2.00 bits per heavy atom. The summed E-state index contributed by atoms with van der Waals surface area (Å²) >= 11 is 0. The van der Waals surface area contributed by atoms with Gasteiger partial charge in [-0.2, -0.15) is 0 Å². The van der Waals surface area contributed by atoms with E-state index in [2.05, 4.69) is 0 Å². The van der Waals surface area contributed by atoms with Gasteiger partial charge in [-0.15, -0.1) is 0 Å². The van der Waals surface area contributed by atoms with Crippen molar-refractivity contribution < 1.29 is 13.2 Å². The number of nitrogens with two attached hydrogens (primary N) is 1. The van der Waals surface area contributed by atoms with Crippen molar-refractivity contribution in [3.8, 4) is 0 Å². The van der Waals surface area contributed by atoms with Gasteiger partial charge >= 0.3 is 0 Å². The van der Waals surface area contributed by atoms with Crippen LogP contribution < -0.4 is 5.73 Å². The van der Waals surface area contributed by atoms with Gasteiger partial charge in [0.05, 0.1) is 0 Å². The van der Waals surface area contributed by atoms with E-state index >= 15 is 0 Å². The normalized spacial score (nSPS) is 13.3. The molecule has 0 saturated heterocycles. The lowest BCUT2D eigenvalue weighted by molar-refractivity contribution is 0.151. The Balaban J connectivity index is 3.08. The summed E-state index contributed by atoms with van der Waals surface area (Å²) in [5, 5.41) is 0. The van der Waals surface area contributed by atoms with E-state index in [1.165, 1.54) is 0 Å². The molecular weight excluding hydrogens is 191 g/mol. The number of hydrogen-bond acceptors (Lipinski definition) is 1. The molecule has 0 radical (unpaired) electrons. The lowest BCUT2D eigenvalue weighted by Crippen LogP contribution is -2.11. The molecule has 1 nitrogen and oxygen atoms in total. The number of hydrogen-bond donors (Lipinski definition) is 1. The summed E-state index contributed by atoms with van der Waals surface area (Å²) in [4.78, 5) is 0. The molecule has 0 aromatic heterocycles. The molecule has 0 bridgehead atoms. The van der Waals surface area contributed by atoms with E-state index in [0.29, 0.717) is 6.42 Å². The lowest BCUT2D eigenvalue weighted by Gasteiger charge is -2.11. The highest BCUT2D eigenvalue weighted by atomic mass is 19.3. The molecule has 1 aromatic carbocycles. The molecule has 78 valence electrons. The fourth-order valence-corrected chi connectivity index (χ4v) is 1.20. The van der Waals surface area contributed by atoms with Crippen LogP contribution >= 0.6 is 0 Å². The highest BCUT2D eigenvalue weighted by Crippen LogP contribution is 2.25. The van der Waals surface area contributed by atoms with Crippen molar-refractivity contribution in [2.75, 3.05) is 0 Å². The summed E-state index contributed by atoms with van der Waals surface area (Å²) in [5.74, 6) is -0.524. The van der Waals surface area contributed by atoms with Crippen LogP contribution in [0.25, 0.3) is 0 Å². The maximum atomic E-state index is 13.1. The van der Waals surface area contributed by atoms with Gasteiger partial charge < -0.3 is 5.73 Å². The van der Waals surface area contributed by atoms with E-state index in [1.807, 2.05) is 0 Å². The van der Waals surface area contributed by atoms with Gasteiger partial charge in [0.15, 0.2) is 0 Å². The topological polar surface area (TPSA) is 26.0 Å². The number of rotatable bonds is 3. The first-order valence-electron chi connectivity index (χ1n) is 4.39. The zero-order valence-electron chi connectivity index (χ0n) is 7.81. The van der Waals surface area contributed by atoms with Crippen molar-refractivity contribution >= 4 is 0 Å². The van der Waals surface area contributed by atoms with Gasteiger partial charge in [0, 0.05) is 17.2 Å². The fourth-order valence-electron chi connectivity index (χ4n) is 1.20. The van der Waals surface area contributed by atoms with Crippen LogP contribution in [0.2, 0.25) is 0 Å². The smallest absolute Gasteiger partial charge is 0.263 e. The summed E-state index contributed by atoms with van der Waals surface area (Å²) in [6.45, 7) is 1.78. The zero-order chi connectivity index (χ0) is 10.7. The molecule has 2 N–H and O–H groups in total. The average molecular weight is 203 g/mol. The van der Waals surface area contributed by atoms with E-state index in [4.69, 9.17) is 5.73 Å². The molecule has 0 amide bonds. The Bertz CT molecular complexity index is 312. The third kappa shape index (κ3) is 2.26. The minimum absolute atomic E-state index is 0.158. The first-order valence-corrected chi connectivity index (χ1v) is 4.39. The molecule has 0 aliphatic carbocycles. The molecule has 0 spiro atoms. The summed E-state index contributed by atoms with van der Waals surface area (Å²) in [6.07, 6.45) is -2.07. The predicted molar refractivity (Wildman–Crippen MR) is 48.6 cm³/mol. The Kier molecular flexibility index (Phi) is 3.52. The van der Waals surface area contributed by atoms with Gasteiger partial charge in [0.25, 0.3) is 6.43 Å². The average Bonchev–Trinajstić information content (AvgIpc) is 2.17. The zero-order valence-corrected chi connectivity index (χ0v) is 7.81. The second kappa shape index (κ2) is 4.46. The number of benzene rings is 1. The van der Waals surface area contributed by atoms with E-state index in [1.54, 1.807) is 6.92 Å². The van der Waals surface area contributed by atoms with E-state index in [9.17, 15) is 13.2 Å². The van der Waals surface area contributed by atoms with Crippen LogP contribution in [0, 0.1) is 5.82 Å². The summed E-state index contributed by atoms with van der Waals surface area (Å²) in [7, 11) is 0. The minimum atomic E-state index is -2.58. The van der Waals surface area contributed by atoms with Crippen molar-refractivity contribution in [2.24, 2.45) is 5.73 Å². The van der Waals surface area contributed by atoms with Crippen LogP contribution in [-0.4, -0.2) is 0 Å². The second-order valence-electron chi connectivity index (χ2n) is 3.10. The number of halogens is 3. The van der Waals surface area contributed by atoms with Gasteiger partial charge in [-0.3, -0.25) is 0 Å². The molecular formula is C10H12F3N. The van der Waals surface area contributed by atoms with Gasteiger partial charge in [-0.1, -0.05) is 13.0 Å². The molecule has 1 atom stereocenters. The fraction of sp³-hybridized carbons (Fsp3) is 0.400. The molecule has 0 aliphatic heterocycles. The second-order valence-corrected chi connectivity index (χ2v) is 3.10. The van der Waals surface area contributed by atoms with Crippen LogP contribution in [-0.2, 0) is 0 Å². The van der Waals surface area contributed by atoms with Crippen molar-refractivity contribution in [2.45, 2.75) is 25.8 Å². The molecule has 0 unspecified atom stereocenters. The van der Waals surface area contributed by atoms with Gasteiger partial charge in [0.1, 0.15) is 5.82 Å². The summed E-state index contributed by atoms with van der Waals surface area (Å²) in [5.41, 5.74) is 5.55. The standard InChI is InChI=1S/C10H12F3N/c1-2-9(14)7-5-6(10(12)13)3-4-8(7)11/h3-5,9-10H,2,14H2,1H3/t9-/m0/s1. The van der Waals surface area contributed by atoms with Gasteiger partial charge in [-0.05, 0) is 18.6 Å². The first kappa shape index (κ1) is 11.0. The third-order valence-corrected chi connectivity index (χ3v) is 2.11. The Labute approximate surface area is 80.7 Å². The highest BCUT2D eigenvalue weighted by molar-refractivity contribution is 5.28. The first-order chi connectivity index (χ1) is 6.56. The Hall–Kier alpha value is -1.03. The molecule has 1 aromatic rings. The van der Waals surface area contributed by atoms with Crippen LogP contribution in [0.4, 0.5) is 13.2 Å². The van der Waals surface area contributed by atoms with Crippen molar-refractivity contribution in [1.29, 1.82) is 0 Å². The van der Waals surface area contributed by atoms with Crippen LogP contribution in [0.15, 0.2) is 18.2 Å². The van der Waals surface area contributed by atoms with Crippen molar-refractivity contribution in [3.05, 3.63) is 35.1 Å². The van der Waals surface area contributed by atoms with Crippen LogP contribution in [0.1, 0.15) is 36.9 Å². The third-order valence-electron chi connectivity index (χ3n) is 2.11. The van der Waals surface area contributed by atoms with Crippen LogP contribution in [0.3, 0.4) is 0 Å². The molecule has 0 saturated carbocycles. The van der Waals surface area contributed by atoms with Crippen molar-refractivity contribution in [1.82, 2.24) is 0 Å². The maximum Gasteiger partial charge on any atom is 0.263 e. The maximum absolute atomic E-state index is 13.1. The molecule has 0 aliphatic rings. The quantitative estimate of drug-likeness (QED) is 0.802. The van der Waals surface area contributed by atoms with Gasteiger partial charge in [-0.25, -0.2) is 13.2 Å². The van der Waals surface area contributed by atoms with E-state index < -0.39 is 18.3 Å². The van der Waals surface area contributed by atoms with Crippen molar-refractivity contribution in [3.63, 3.8) is 0 Å². The van der Waals surface area contributed by atoms with Crippen LogP contribution in [0.5, 0.6) is 0 Å². The van der Waals surface area contributed by atoms with E-state index in [-0.39, 0.29) is 11.1 Å². The lowest BCUT2D eigenvalue weighted by atomic mass is 10.0. The molecule has 1 rings (SSSR count). The molecule has 0 fully saturated rings. The Morgan fingerprint density at radius 1 is 1.36 bits per heavy atom. The molecule has 14 heavy (non-hydrogen) atoms. The van der Waals surface area contributed by atoms with E-state index in [0.717, 1.165) is 18.2 Å². The minimum Gasteiger partial charge on any atom is -0.324 e. The summed E-state index contributed by atoms with van der Waals surface area (Å²) < 4.78 is 37.7. The number of alkyl halides is 2. The largest absolute Gasteiger partial charge is 0.324 e. The van der Waals surface area contributed by atoms with Gasteiger partial charge in [0.2, 0.25) is 0 Å².